The van der Waals surface area contributed by atoms with Crippen LogP contribution in [0.2, 0.25) is 0 Å². The molecule has 1 aromatic carbocycles. The van der Waals surface area contributed by atoms with Crippen molar-refractivity contribution >= 4 is 16.9 Å². The van der Waals surface area contributed by atoms with Crippen molar-refractivity contribution < 1.29 is 14.6 Å². The number of hydrogen-bond donors (Lipinski definition) is 2. The zero-order valence-electron chi connectivity index (χ0n) is 14.0. The molecule has 0 saturated carbocycles. The maximum atomic E-state index is 11.4. The number of carboxylic acid groups (broad SMARTS) is 1. The summed E-state index contributed by atoms with van der Waals surface area (Å²) in [5, 5.41) is 13.7. The molecule has 1 aromatic heterocycles. The van der Waals surface area contributed by atoms with E-state index in [2.05, 4.69) is 16.4 Å². The van der Waals surface area contributed by atoms with E-state index in [1.165, 1.54) is 5.56 Å². The van der Waals surface area contributed by atoms with Crippen LogP contribution in [0.15, 0.2) is 30.5 Å². The zero-order valence-corrected chi connectivity index (χ0v) is 14.0. The van der Waals surface area contributed by atoms with Crippen molar-refractivity contribution in [3.05, 3.63) is 36.0 Å². The molecule has 0 aliphatic carbocycles. The predicted octanol–water partition coefficient (Wildman–Crippen LogP) is 2.88. The summed E-state index contributed by atoms with van der Waals surface area (Å²) < 4.78 is 5.32. The molecule has 3 rings (SSSR count). The van der Waals surface area contributed by atoms with E-state index in [1.807, 2.05) is 24.4 Å². The Bertz CT molecular complexity index is 717. The highest BCUT2D eigenvalue weighted by Crippen LogP contribution is 2.27. The topological polar surface area (TPSA) is 71.5 Å². The molecule has 0 amide bonds. The van der Waals surface area contributed by atoms with E-state index in [4.69, 9.17) is 4.74 Å². The van der Waals surface area contributed by atoms with Crippen LogP contribution in [0.25, 0.3) is 10.9 Å². The van der Waals surface area contributed by atoms with Crippen LogP contribution >= 0.6 is 0 Å². The number of carbonyl (C=O) groups is 1. The van der Waals surface area contributed by atoms with Crippen LogP contribution in [-0.2, 0) is 11.2 Å². The number of carboxylic acids is 1. The lowest BCUT2D eigenvalue weighted by molar-refractivity contribution is -0.144. The van der Waals surface area contributed by atoms with Gasteiger partial charge in [0, 0.05) is 18.1 Å². The number of nitrogens with zero attached hydrogens (tertiary/aromatic N) is 1. The second kappa shape index (κ2) is 7.62. The first-order chi connectivity index (χ1) is 11.7. The summed E-state index contributed by atoms with van der Waals surface area (Å²) in [5.74, 6) is 0.173. The zero-order chi connectivity index (χ0) is 16.9. The molecule has 128 valence electrons. The maximum Gasteiger partial charge on any atom is 0.308 e. The van der Waals surface area contributed by atoms with E-state index in [1.54, 1.807) is 7.11 Å². The molecule has 0 spiro atoms. The number of aliphatic carboxylic acids is 1. The molecule has 0 bridgehead atoms. The molecule has 0 radical (unpaired) electrons. The Morgan fingerprint density at radius 1 is 1.42 bits per heavy atom. The van der Waals surface area contributed by atoms with Crippen LogP contribution in [0.4, 0.5) is 0 Å². The second-order valence-electron chi connectivity index (χ2n) is 6.44. The second-order valence-corrected chi connectivity index (χ2v) is 6.44. The molecule has 1 aliphatic rings. The molecule has 2 heterocycles. The number of fused-ring (bicyclic) bond motifs is 1. The number of benzene rings is 1. The van der Waals surface area contributed by atoms with Gasteiger partial charge >= 0.3 is 5.97 Å². The maximum absolute atomic E-state index is 11.4. The Kier molecular flexibility index (Phi) is 5.30. The van der Waals surface area contributed by atoms with Crippen LogP contribution in [0, 0.1) is 11.8 Å². The summed E-state index contributed by atoms with van der Waals surface area (Å²) in [4.78, 5) is 15.8. The number of aryl methyl sites for hydroxylation is 1. The van der Waals surface area contributed by atoms with E-state index in [9.17, 15) is 9.90 Å². The lowest BCUT2D eigenvalue weighted by Crippen LogP contribution is -2.40. The van der Waals surface area contributed by atoms with Crippen molar-refractivity contribution in [2.75, 3.05) is 20.2 Å². The summed E-state index contributed by atoms with van der Waals surface area (Å²) >= 11 is 0. The molecule has 5 heteroatoms. The van der Waals surface area contributed by atoms with Crippen molar-refractivity contribution in [3.8, 4) is 5.75 Å². The van der Waals surface area contributed by atoms with Gasteiger partial charge in [0.1, 0.15) is 5.75 Å². The molecule has 2 N–H and O–H groups in total. The molecule has 24 heavy (non-hydrogen) atoms. The van der Waals surface area contributed by atoms with Gasteiger partial charge in [-0.1, -0.05) is 0 Å². The fourth-order valence-electron chi connectivity index (χ4n) is 3.63. The minimum atomic E-state index is -0.675. The smallest absolute Gasteiger partial charge is 0.308 e. The third-order valence-corrected chi connectivity index (χ3v) is 5.00. The van der Waals surface area contributed by atoms with Gasteiger partial charge in [0.05, 0.1) is 18.5 Å². The number of ether oxygens (including phenoxy) is 1. The average Bonchev–Trinajstić information content (AvgIpc) is 2.61. The summed E-state index contributed by atoms with van der Waals surface area (Å²) in [6.07, 6.45) is 5.66. The van der Waals surface area contributed by atoms with Crippen molar-refractivity contribution in [3.63, 3.8) is 0 Å². The Hall–Kier alpha value is -2.14. The molecule has 2 unspecified atom stereocenters. The van der Waals surface area contributed by atoms with Crippen LogP contribution in [0.5, 0.6) is 5.75 Å². The third kappa shape index (κ3) is 3.67. The highest BCUT2D eigenvalue weighted by atomic mass is 16.5. The SMILES string of the molecule is COc1ccc2nccc(CCCC3CCNCC3C(=O)O)c2c1. The van der Waals surface area contributed by atoms with Crippen molar-refractivity contribution in [1.29, 1.82) is 0 Å². The van der Waals surface area contributed by atoms with Crippen LogP contribution < -0.4 is 10.1 Å². The van der Waals surface area contributed by atoms with Gasteiger partial charge in [-0.2, -0.15) is 0 Å². The van der Waals surface area contributed by atoms with Gasteiger partial charge in [-0.25, -0.2) is 0 Å². The van der Waals surface area contributed by atoms with Crippen molar-refractivity contribution in [2.24, 2.45) is 11.8 Å². The van der Waals surface area contributed by atoms with Crippen molar-refractivity contribution in [2.45, 2.75) is 25.7 Å². The first-order valence-electron chi connectivity index (χ1n) is 8.54. The Labute approximate surface area is 142 Å². The minimum Gasteiger partial charge on any atom is -0.497 e. The Morgan fingerprint density at radius 2 is 2.29 bits per heavy atom. The molecule has 5 nitrogen and oxygen atoms in total. The van der Waals surface area contributed by atoms with E-state index in [-0.39, 0.29) is 11.8 Å². The summed E-state index contributed by atoms with van der Waals surface area (Å²) in [7, 11) is 1.67. The lowest BCUT2D eigenvalue weighted by Gasteiger charge is -2.29. The van der Waals surface area contributed by atoms with Gasteiger partial charge in [-0.15, -0.1) is 0 Å². The van der Waals surface area contributed by atoms with E-state index in [0.717, 1.165) is 48.9 Å². The predicted molar refractivity (Wildman–Crippen MR) is 93.3 cm³/mol. The first kappa shape index (κ1) is 16.7. The molecule has 2 aromatic rings. The summed E-state index contributed by atoms with van der Waals surface area (Å²) in [6, 6.07) is 7.98. The number of methoxy groups -OCH3 is 1. The lowest BCUT2D eigenvalue weighted by atomic mass is 9.82. The van der Waals surface area contributed by atoms with Crippen LogP contribution in [0.3, 0.4) is 0 Å². The minimum absolute atomic E-state index is 0.256. The molecule has 1 saturated heterocycles. The molecule has 2 atom stereocenters. The van der Waals surface area contributed by atoms with Crippen LogP contribution in [-0.4, -0.2) is 36.3 Å². The fourth-order valence-corrected chi connectivity index (χ4v) is 3.63. The monoisotopic (exact) mass is 328 g/mol. The van der Waals surface area contributed by atoms with E-state index in [0.29, 0.717) is 6.54 Å². The number of nitrogens with one attached hydrogen (secondary N) is 1. The summed E-state index contributed by atoms with van der Waals surface area (Å²) in [6.45, 7) is 1.51. The highest BCUT2D eigenvalue weighted by Gasteiger charge is 2.30. The van der Waals surface area contributed by atoms with Crippen LogP contribution in [0.1, 0.15) is 24.8 Å². The summed E-state index contributed by atoms with van der Waals surface area (Å²) in [5.41, 5.74) is 2.22. The van der Waals surface area contributed by atoms with Gasteiger partial charge in [-0.05, 0) is 68.0 Å². The number of rotatable bonds is 6. The van der Waals surface area contributed by atoms with Gasteiger partial charge < -0.3 is 15.2 Å². The molecular weight excluding hydrogens is 304 g/mol. The number of pyridine rings is 1. The first-order valence-corrected chi connectivity index (χ1v) is 8.54. The van der Waals surface area contributed by atoms with Gasteiger partial charge in [-0.3, -0.25) is 9.78 Å². The normalized spacial score (nSPS) is 20.9. The largest absolute Gasteiger partial charge is 0.497 e. The molecular formula is C19H24N2O3. The average molecular weight is 328 g/mol. The molecule has 1 aliphatic heterocycles. The molecule has 1 fully saturated rings. The van der Waals surface area contributed by atoms with Gasteiger partial charge in [0.15, 0.2) is 0 Å². The van der Waals surface area contributed by atoms with Gasteiger partial charge in [0.25, 0.3) is 0 Å². The standard InChI is InChI=1S/C19H24N2O3/c1-24-15-5-6-18-16(11-15)13(8-10-21-18)3-2-4-14-7-9-20-12-17(14)19(22)23/h5-6,8,10-11,14,17,20H,2-4,7,9,12H2,1H3,(H,22,23). The highest BCUT2D eigenvalue weighted by molar-refractivity contribution is 5.83. The van der Waals surface area contributed by atoms with Crippen molar-refractivity contribution in [1.82, 2.24) is 10.3 Å². The quantitative estimate of drug-likeness (QED) is 0.853. The van der Waals surface area contributed by atoms with Gasteiger partial charge in [0.2, 0.25) is 0 Å². The number of hydrogen-bond acceptors (Lipinski definition) is 4. The number of piperidine rings is 1. The van der Waals surface area contributed by atoms with E-state index >= 15 is 0 Å². The Morgan fingerprint density at radius 3 is 3.08 bits per heavy atom. The Balaban J connectivity index is 1.68. The van der Waals surface area contributed by atoms with E-state index < -0.39 is 5.97 Å². The fraction of sp³-hybridized carbons (Fsp3) is 0.474. The number of aromatic nitrogens is 1. The third-order valence-electron chi connectivity index (χ3n) is 5.00.